The van der Waals surface area contributed by atoms with Crippen molar-refractivity contribution in [2.24, 2.45) is 11.8 Å². The fraction of sp³-hybridized carbons (Fsp3) is 0.571. The molecule has 4 aliphatic heterocycles. The average molecular weight is 320 g/mol. The maximum atomic E-state index is 12.9. The van der Waals surface area contributed by atoms with Gasteiger partial charge in [0.15, 0.2) is 0 Å². The normalized spacial score (nSPS) is 44.0. The highest BCUT2D eigenvalue weighted by atomic mass is 16.2. The van der Waals surface area contributed by atoms with Gasteiger partial charge in [0.05, 0.1) is 6.04 Å². The minimum Gasteiger partial charge on any atom is -0.308 e. The molecule has 2 bridgehead atoms. The lowest BCUT2D eigenvalue weighted by atomic mass is 9.54. The topological polar surface area (TPSA) is 23.6 Å². The Bertz CT molecular complexity index is 784. The Hall–Kier alpha value is -1.61. The number of nitrogens with zero attached hydrogens (tertiary/aromatic N) is 2. The van der Waals surface area contributed by atoms with E-state index >= 15 is 0 Å². The predicted molar refractivity (Wildman–Crippen MR) is 94.0 cm³/mol. The summed E-state index contributed by atoms with van der Waals surface area (Å²) in [5, 5.41) is 0. The number of fused-ring (bicyclic) bond motifs is 4. The average Bonchev–Trinajstić information content (AvgIpc) is 3.15. The predicted octanol–water partition coefficient (Wildman–Crippen LogP) is 3.10. The number of carbonyl (C=O) groups is 1. The summed E-state index contributed by atoms with van der Waals surface area (Å²) in [5.41, 5.74) is 4.54. The van der Waals surface area contributed by atoms with Crippen LogP contribution in [0, 0.1) is 11.8 Å². The molecule has 5 aliphatic rings. The third-order valence-corrected chi connectivity index (χ3v) is 7.91. The molecule has 5 unspecified atom stereocenters. The standard InChI is InChI=1S/C21H24N2O/c1-2-13-12-22-10-9-21-16-5-3-4-6-17(16)23-19(24)8-7-14(20(21)23)15(13)11-18(21)22/h2-6,14-15,18,20H,7-12H2,1H3/b13-2+. The quantitative estimate of drug-likeness (QED) is 0.686. The van der Waals surface area contributed by atoms with Gasteiger partial charge in [-0.1, -0.05) is 29.8 Å². The highest BCUT2D eigenvalue weighted by Gasteiger charge is 2.68. The first kappa shape index (κ1) is 13.7. The Morgan fingerprint density at radius 3 is 3.04 bits per heavy atom. The van der Waals surface area contributed by atoms with Gasteiger partial charge in [-0.15, -0.1) is 0 Å². The Morgan fingerprint density at radius 1 is 1.29 bits per heavy atom. The molecule has 0 radical (unpaired) electrons. The molecule has 1 spiro atoms. The SMILES string of the molecule is C/C=C1\CN2CCC34c5ccccc5N5C(=O)CCC(C1CC23)C54. The number of allylic oxidation sites excluding steroid dienone is 1. The molecule has 124 valence electrons. The van der Waals surface area contributed by atoms with Gasteiger partial charge in [-0.05, 0) is 56.2 Å². The van der Waals surface area contributed by atoms with Crippen LogP contribution in [0.4, 0.5) is 5.69 Å². The summed E-state index contributed by atoms with van der Waals surface area (Å²) in [6, 6.07) is 9.85. The monoisotopic (exact) mass is 320 g/mol. The molecule has 0 aromatic heterocycles. The van der Waals surface area contributed by atoms with Gasteiger partial charge >= 0.3 is 0 Å². The van der Waals surface area contributed by atoms with Crippen molar-refractivity contribution in [3.8, 4) is 0 Å². The first-order valence-corrected chi connectivity index (χ1v) is 9.56. The smallest absolute Gasteiger partial charge is 0.227 e. The number of benzene rings is 1. The molecular formula is C21H24N2O. The van der Waals surface area contributed by atoms with E-state index in [1.165, 1.54) is 30.6 Å². The second kappa shape index (κ2) is 4.32. The number of piperidine rings is 2. The molecule has 24 heavy (non-hydrogen) atoms. The number of carbonyl (C=O) groups excluding carboxylic acids is 1. The fourth-order valence-electron chi connectivity index (χ4n) is 7.15. The summed E-state index contributed by atoms with van der Waals surface area (Å²) in [7, 11) is 0. The lowest BCUT2D eigenvalue weighted by Crippen LogP contribution is -2.66. The van der Waals surface area contributed by atoms with Gasteiger partial charge in [-0.3, -0.25) is 9.69 Å². The largest absolute Gasteiger partial charge is 0.308 e. The van der Waals surface area contributed by atoms with Crippen molar-refractivity contribution < 1.29 is 4.79 Å². The molecule has 6 rings (SSSR count). The molecule has 1 aromatic rings. The van der Waals surface area contributed by atoms with Crippen LogP contribution in [0.5, 0.6) is 0 Å². The van der Waals surface area contributed by atoms with Crippen molar-refractivity contribution >= 4 is 11.6 Å². The number of anilines is 1. The number of amides is 1. The maximum Gasteiger partial charge on any atom is 0.227 e. The third kappa shape index (κ3) is 1.31. The molecule has 1 amide bonds. The van der Waals surface area contributed by atoms with Crippen molar-refractivity contribution in [1.82, 2.24) is 4.90 Å². The molecule has 1 aromatic carbocycles. The van der Waals surface area contributed by atoms with Gasteiger partial charge < -0.3 is 4.90 Å². The third-order valence-electron chi connectivity index (χ3n) is 7.91. The highest BCUT2D eigenvalue weighted by molar-refractivity contribution is 5.98. The zero-order valence-electron chi connectivity index (χ0n) is 14.2. The zero-order valence-corrected chi connectivity index (χ0v) is 14.2. The first-order valence-electron chi connectivity index (χ1n) is 9.56. The van der Waals surface area contributed by atoms with E-state index in [2.05, 4.69) is 47.1 Å². The molecule has 5 atom stereocenters. The van der Waals surface area contributed by atoms with E-state index in [0.29, 0.717) is 29.8 Å². The van der Waals surface area contributed by atoms with Crippen LogP contribution in [-0.4, -0.2) is 36.0 Å². The number of hydrogen-bond donors (Lipinski definition) is 0. The lowest BCUT2D eigenvalue weighted by molar-refractivity contribution is -0.123. The van der Waals surface area contributed by atoms with Crippen LogP contribution in [0.25, 0.3) is 0 Å². The van der Waals surface area contributed by atoms with E-state index in [-0.39, 0.29) is 5.41 Å². The van der Waals surface area contributed by atoms with E-state index in [4.69, 9.17) is 0 Å². The summed E-state index contributed by atoms with van der Waals surface area (Å²) < 4.78 is 0. The molecule has 4 heterocycles. The van der Waals surface area contributed by atoms with Gasteiger partial charge in [0, 0.05) is 30.1 Å². The van der Waals surface area contributed by atoms with Crippen molar-refractivity contribution in [3.63, 3.8) is 0 Å². The Labute approximate surface area is 143 Å². The van der Waals surface area contributed by atoms with Crippen LogP contribution in [-0.2, 0) is 10.2 Å². The van der Waals surface area contributed by atoms with Crippen LogP contribution >= 0.6 is 0 Å². The second-order valence-corrected chi connectivity index (χ2v) is 8.41. The minimum absolute atomic E-state index is 0.201. The van der Waals surface area contributed by atoms with Crippen LogP contribution in [0.15, 0.2) is 35.9 Å². The van der Waals surface area contributed by atoms with Crippen LogP contribution in [0.1, 0.15) is 38.2 Å². The van der Waals surface area contributed by atoms with E-state index in [1.807, 2.05) is 0 Å². The zero-order chi connectivity index (χ0) is 16.1. The summed E-state index contributed by atoms with van der Waals surface area (Å²) in [4.78, 5) is 17.9. The van der Waals surface area contributed by atoms with Crippen molar-refractivity contribution in [1.29, 1.82) is 0 Å². The molecule has 3 saturated heterocycles. The summed E-state index contributed by atoms with van der Waals surface area (Å²) in [6.45, 7) is 4.56. The van der Waals surface area contributed by atoms with Gasteiger partial charge in [0.1, 0.15) is 0 Å². The molecule has 1 saturated carbocycles. The van der Waals surface area contributed by atoms with Gasteiger partial charge in [0.2, 0.25) is 5.91 Å². The second-order valence-electron chi connectivity index (χ2n) is 8.41. The van der Waals surface area contributed by atoms with Gasteiger partial charge in [-0.2, -0.15) is 0 Å². The molecule has 4 fully saturated rings. The molecular weight excluding hydrogens is 296 g/mol. The summed E-state index contributed by atoms with van der Waals surface area (Å²) in [6.07, 6.45) is 6.72. The van der Waals surface area contributed by atoms with E-state index < -0.39 is 0 Å². The highest BCUT2D eigenvalue weighted by Crippen LogP contribution is 2.64. The van der Waals surface area contributed by atoms with Crippen LogP contribution in [0.2, 0.25) is 0 Å². The van der Waals surface area contributed by atoms with Crippen LogP contribution in [0.3, 0.4) is 0 Å². The molecule has 3 nitrogen and oxygen atoms in total. The Kier molecular flexibility index (Phi) is 2.46. The number of hydrogen-bond acceptors (Lipinski definition) is 2. The van der Waals surface area contributed by atoms with Crippen molar-refractivity contribution in [2.75, 3.05) is 18.0 Å². The fourth-order valence-corrected chi connectivity index (χ4v) is 7.15. The summed E-state index contributed by atoms with van der Waals surface area (Å²) in [5.74, 6) is 1.70. The number of para-hydroxylation sites is 1. The van der Waals surface area contributed by atoms with Gasteiger partial charge in [-0.25, -0.2) is 0 Å². The van der Waals surface area contributed by atoms with E-state index in [9.17, 15) is 4.79 Å². The van der Waals surface area contributed by atoms with Crippen LogP contribution < -0.4 is 4.90 Å². The number of rotatable bonds is 0. The van der Waals surface area contributed by atoms with Gasteiger partial charge in [0.25, 0.3) is 0 Å². The van der Waals surface area contributed by atoms with Crippen molar-refractivity contribution in [2.45, 2.75) is 50.1 Å². The Balaban J connectivity index is 1.64. The first-order chi connectivity index (χ1) is 11.8. The molecule has 1 aliphatic carbocycles. The molecule has 0 N–H and O–H groups in total. The maximum absolute atomic E-state index is 12.9. The summed E-state index contributed by atoms with van der Waals surface area (Å²) >= 11 is 0. The van der Waals surface area contributed by atoms with E-state index in [1.54, 1.807) is 5.57 Å². The van der Waals surface area contributed by atoms with Crippen molar-refractivity contribution in [3.05, 3.63) is 41.5 Å². The lowest BCUT2D eigenvalue weighted by Gasteiger charge is -2.57. The minimum atomic E-state index is 0.201. The molecule has 3 heteroatoms. The van der Waals surface area contributed by atoms with E-state index in [0.717, 1.165) is 19.4 Å². The Morgan fingerprint density at radius 2 is 2.17 bits per heavy atom.